The molecule has 2 rings (SSSR count). The largest absolute Gasteiger partial charge is 0.309 e. The molecule has 0 aliphatic rings. The molecule has 1 heterocycles. The Morgan fingerprint density at radius 1 is 1.17 bits per heavy atom. The molecule has 92 valence electrons. The highest BCUT2D eigenvalue weighted by molar-refractivity contribution is 6.05. The summed E-state index contributed by atoms with van der Waals surface area (Å²) in [5.41, 5.74) is 1.39. The van der Waals surface area contributed by atoms with Crippen LogP contribution in [0.2, 0.25) is 0 Å². The minimum absolute atomic E-state index is 0.0799. The van der Waals surface area contributed by atoms with E-state index in [1.807, 2.05) is 37.3 Å². The maximum absolute atomic E-state index is 12.3. The maximum Gasteiger partial charge on any atom is 0.261 e. The van der Waals surface area contributed by atoms with Gasteiger partial charge in [-0.05, 0) is 26.0 Å². The highest BCUT2D eigenvalue weighted by atomic mass is 16.2. The van der Waals surface area contributed by atoms with Crippen molar-refractivity contribution in [1.29, 1.82) is 0 Å². The molecule has 0 radical (unpaired) electrons. The van der Waals surface area contributed by atoms with Crippen LogP contribution in [0.15, 0.2) is 42.7 Å². The molecular formula is C14H15N3O. The Morgan fingerprint density at radius 2 is 1.78 bits per heavy atom. The zero-order valence-electron chi connectivity index (χ0n) is 10.5. The van der Waals surface area contributed by atoms with Crippen molar-refractivity contribution in [3.8, 4) is 0 Å². The summed E-state index contributed by atoms with van der Waals surface area (Å²) in [4.78, 5) is 22.1. The van der Waals surface area contributed by atoms with E-state index in [-0.39, 0.29) is 5.91 Å². The summed E-state index contributed by atoms with van der Waals surface area (Å²) in [6, 6.07) is 9.58. The van der Waals surface area contributed by atoms with Gasteiger partial charge in [0.2, 0.25) is 0 Å². The van der Waals surface area contributed by atoms with E-state index in [4.69, 9.17) is 0 Å². The van der Waals surface area contributed by atoms with E-state index < -0.39 is 0 Å². The minimum Gasteiger partial charge on any atom is -0.309 e. The first-order chi connectivity index (χ1) is 8.72. The van der Waals surface area contributed by atoms with E-state index in [0.29, 0.717) is 17.9 Å². The van der Waals surface area contributed by atoms with Crippen LogP contribution in [0.1, 0.15) is 23.1 Å². The molecule has 2 aromatic rings. The Balaban J connectivity index is 2.28. The summed E-state index contributed by atoms with van der Waals surface area (Å²) < 4.78 is 0. The monoisotopic (exact) mass is 241 g/mol. The van der Waals surface area contributed by atoms with Gasteiger partial charge in [0.15, 0.2) is 0 Å². The summed E-state index contributed by atoms with van der Waals surface area (Å²) in [6.45, 7) is 4.35. The summed E-state index contributed by atoms with van der Waals surface area (Å²) in [6.07, 6.45) is 3.13. The van der Waals surface area contributed by atoms with Gasteiger partial charge in [-0.25, -0.2) is 9.97 Å². The Kier molecular flexibility index (Phi) is 3.67. The minimum atomic E-state index is -0.0799. The second-order valence-electron chi connectivity index (χ2n) is 3.90. The quantitative estimate of drug-likeness (QED) is 0.829. The third-order valence-electron chi connectivity index (χ3n) is 2.66. The molecule has 0 aliphatic heterocycles. The number of para-hydroxylation sites is 1. The number of rotatable bonds is 3. The fraction of sp³-hybridized carbons (Fsp3) is 0.214. The fourth-order valence-corrected chi connectivity index (χ4v) is 1.71. The van der Waals surface area contributed by atoms with Gasteiger partial charge in [0.25, 0.3) is 5.91 Å². The van der Waals surface area contributed by atoms with Gasteiger partial charge < -0.3 is 4.90 Å². The lowest BCUT2D eigenvalue weighted by molar-refractivity contribution is 0.0987. The van der Waals surface area contributed by atoms with Crippen molar-refractivity contribution in [2.45, 2.75) is 13.8 Å². The van der Waals surface area contributed by atoms with Gasteiger partial charge in [-0.3, -0.25) is 4.79 Å². The zero-order chi connectivity index (χ0) is 13.0. The number of amides is 1. The van der Waals surface area contributed by atoms with Gasteiger partial charge in [0.1, 0.15) is 5.82 Å². The van der Waals surface area contributed by atoms with Crippen LogP contribution < -0.4 is 4.90 Å². The molecule has 1 aromatic carbocycles. The Bertz CT molecular complexity index is 522. The van der Waals surface area contributed by atoms with Crippen LogP contribution in [0.5, 0.6) is 0 Å². The maximum atomic E-state index is 12.3. The molecule has 1 aromatic heterocycles. The lowest BCUT2D eigenvalue weighted by Crippen LogP contribution is -2.30. The average molecular weight is 241 g/mol. The molecule has 1 amide bonds. The van der Waals surface area contributed by atoms with Crippen LogP contribution in [0, 0.1) is 6.92 Å². The smallest absolute Gasteiger partial charge is 0.261 e. The van der Waals surface area contributed by atoms with Crippen LogP contribution in [0.3, 0.4) is 0 Å². The highest BCUT2D eigenvalue weighted by Crippen LogP contribution is 2.15. The third kappa shape index (κ3) is 2.53. The van der Waals surface area contributed by atoms with E-state index in [0.717, 1.165) is 5.69 Å². The van der Waals surface area contributed by atoms with Crippen molar-refractivity contribution in [3.05, 3.63) is 54.1 Å². The van der Waals surface area contributed by atoms with Gasteiger partial charge >= 0.3 is 0 Å². The van der Waals surface area contributed by atoms with Crippen LogP contribution >= 0.6 is 0 Å². The molecule has 0 atom stereocenters. The molecular weight excluding hydrogens is 226 g/mol. The normalized spacial score (nSPS) is 10.1. The second kappa shape index (κ2) is 5.40. The predicted molar refractivity (Wildman–Crippen MR) is 70.6 cm³/mol. The summed E-state index contributed by atoms with van der Waals surface area (Å²) in [5.74, 6) is 0.581. The fourth-order valence-electron chi connectivity index (χ4n) is 1.71. The molecule has 4 nitrogen and oxygen atoms in total. The van der Waals surface area contributed by atoms with Gasteiger partial charge in [-0.2, -0.15) is 0 Å². The topological polar surface area (TPSA) is 46.1 Å². The van der Waals surface area contributed by atoms with E-state index in [1.165, 1.54) is 0 Å². The number of benzene rings is 1. The molecule has 0 fully saturated rings. The number of hydrogen-bond acceptors (Lipinski definition) is 3. The van der Waals surface area contributed by atoms with Gasteiger partial charge in [-0.15, -0.1) is 0 Å². The first-order valence-corrected chi connectivity index (χ1v) is 5.88. The molecule has 4 heteroatoms. The number of aryl methyl sites for hydroxylation is 1. The van der Waals surface area contributed by atoms with Crippen LogP contribution in [-0.4, -0.2) is 22.4 Å². The summed E-state index contributed by atoms with van der Waals surface area (Å²) in [5, 5.41) is 0. The molecule has 0 spiro atoms. The Hall–Kier alpha value is -2.23. The van der Waals surface area contributed by atoms with E-state index in [9.17, 15) is 4.79 Å². The molecule has 0 N–H and O–H groups in total. The SMILES string of the molecule is CCN(C(=O)c1cnc(C)nc1)c1ccccc1. The predicted octanol–water partition coefficient (Wildman–Crippen LogP) is 2.45. The zero-order valence-corrected chi connectivity index (χ0v) is 10.5. The van der Waals surface area contributed by atoms with Crippen molar-refractivity contribution >= 4 is 11.6 Å². The first kappa shape index (κ1) is 12.2. The Morgan fingerprint density at radius 3 is 2.33 bits per heavy atom. The van der Waals surface area contributed by atoms with Gasteiger partial charge in [0.05, 0.1) is 5.56 Å². The van der Waals surface area contributed by atoms with E-state index >= 15 is 0 Å². The molecule has 0 saturated carbocycles. The van der Waals surface area contributed by atoms with E-state index in [2.05, 4.69) is 9.97 Å². The summed E-state index contributed by atoms with van der Waals surface area (Å²) >= 11 is 0. The average Bonchev–Trinajstić information content (AvgIpc) is 2.41. The molecule has 0 aliphatic carbocycles. The van der Waals surface area contributed by atoms with Crippen molar-refractivity contribution < 1.29 is 4.79 Å². The van der Waals surface area contributed by atoms with Crippen LogP contribution in [-0.2, 0) is 0 Å². The van der Waals surface area contributed by atoms with Gasteiger partial charge in [0, 0.05) is 24.6 Å². The number of nitrogens with zero attached hydrogens (tertiary/aromatic N) is 3. The molecule has 0 bridgehead atoms. The number of aromatic nitrogens is 2. The Labute approximate surface area is 106 Å². The standard InChI is InChI=1S/C14H15N3O/c1-3-17(13-7-5-4-6-8-13)14(18)12-9-15-11(2)16-10-12/h4-10H,3H2,1-2H3. The number of carbonyl (C=O) groups is 1. The highest BCUT2D eigenvalue weighted by Gasteiger charge is 2.16. The molecule has 0 saturated heterocycles. The first-order valence-electron chi connectivity index (χ1n) is 5.88. The number of carbonyl (C=O) groups excluding carboxylic acids is 1. The van der Waals surface area contributed by atoms with Crippen molar-refractivity contribution in [1.82, 2.24) is 9.97 Å². The number of anilines is 1. The molecule has 18 heavy (non-hydrogen) atoms. The van der Waals surface area contributed by atoms with Crippen molar-refractivity contribution in [2.24, 2.45) is 0 Å². The van der Waals surface area contributed by atoms with Crippen molar-refractivity contribution in [3.63, 3.8) is 0 Å². The molecule has 0 unspecified atom stereocenters. The van der Waals surface area contributed by atoms with Crippen molar-refractivity contribution in [2.75, 3.05) is 11.4 Å². The summed E-state index contributed by atoms with van der Waals surface area (Å²) in [7, 11) is 0. The van der Waals surface area contributed by atoms with Crippen LogP contribution in [0.25, 0.3) is 0 Å². The van der Waals surface area contributed by atoms with E-state index in [1.54, 1.807) is 24.2 Å². The lowest BCUT2D eigenvalue weighted by atomic mass is 10.2. The lowest BCUT2D eigenvalue weighted by Gasteiger charge is -2.20. The third-order valence-corrected chi connectivity index (χ3v) is 2.66. The number of hydrogen-bond donors (Lipinski definition) is 0. The van der Waals surface area contributed by atoms with Crippen LogP contribution in [0.4, 0.5) is 5.69 Å². The second-order valence-corrected chi connectivity index (χ2v) is 3.90. The van der Waals surface area contributed by atoms with Gasteiger partial charge in [-0.1, -0.05) is 18.2 Å².